The minimum atomic E-state index is 0.139. The number of nitrogens with one attached hydrogen (secondary N) is 1. The summed E-state index contributed by atoms with van der Waals surface area (Å²) in [5.74, 6) is 1.77. The van der Waals surface area contributed by atoms with Crippen LogP contribution in [0.25, 0.3) is 0 Å². The molecule has 2 aromatic rings. The molecular weight excluding hydrogens is 176 g/mol. The van der Waals surface area contributed by atoms with Crippen molar-refractivity contribution in [3.05, 3.63) is 48.6 Å². The molecule has 0 aromatic carbocycles. The molecule has 2 heterocycles. The number of anilines is 1. The minimum Gasteiger partial charge on any atom is -0.467 e. The molecule has 3 nitrogen and oxygen atoms in total. The first kappa shape index (κ1) is 8.81. The quantitative estimate of drug-likeness (QED) is 0.804. The summed E-state index contributed by atoms with van der Waals surface area (Å²) in [6, 6.07) is 9.73. The minimum absolute atomic E-state index is 0.139. The smallest absolute Gasteiger partial charge is 0.126 e. The van der Waals surface area contributed by atoms with E-state index in [-0.39, 0.29) is 6.04 Å². The van der Waals surface area contributed by atoms with Gasteiger partial charge in [-0.25, -0.2) is 4.98 Å². The number of aromatic nitrogens is 1. The second-order valence-corrected chi connectivity index (χ2v) is 3.10. The van der Waals surface area contributed by atoms with Gasteiger partial charge in [0.1, 0.15) is 11.6 Å². The van der Waals surface area contributed by atoms with Crippen molar-refractivity contribution < 1.29 is 4.42 Å². The first-order valence-electron chi connectivity index (χ1n) is 4.57. The monoisotopic (exact) mass is 188 g/mol. The van der Waals surface area contributed by atoms with E-state index in [2.05, 4.69) is 10.3 Å². The average Bonchev–Trinajstić information content (AvgIpc) is 2.72. The van der Waals surface area contributed by atoms with Crippen molar-refractivity contribution in [2.75, 3.05) is 5.32 Å². The summed E-state index contributed by atoms with van der Waals surface area (Å²) in [6.45, 7) is 2.04. The van der Waals surface area contributed by atoms with Crippen LogP contribution < -0.4 is 5.32 Å². The third-order valence-corrected chi connectivity index (χ3v) is 2.00. The van der Waals surface area contributed by atoms with E-state index >= 15 is 0 Å². The molecule has 2 rings (SSSR count). The van der Waals surface area contributed by atoms with Crippen molar-refractivity contribution in [1.29, 1.82) is 0 Å². The van der Waals surface area contributed by atoms with Gasteiger partial charge in [0, 0.05) is 6.20 Å². The Balaban J connectivity index is 2.06. The van der Waals surface area contributed by atoms with Crippen LogP contribution in [0.3, 0.4) is 0 Å². The summed E-state index contributed by atoms with van der Waals surface area (Å²) in [5, 5.41) is 3.24. The topological polar surface area (TPSA) is 38.1 Å². The van der Waals surface area contributed by atoms with Crippen LogP contribution in [0.4, 0.5) is 5.82 Å². The van der Waals surface area contributed by atoms with E-state index in [9.17, 15) is 0 Å². The maximum Gasteiger partial charge on any atom is 0.126 e. The summed E-state index contributed by atoms with van der Waals surface area (Å²) >= 11 is 0. The standard InChI is InChI=1S/C11H12N2O/c1-9(10-5-4-8-14-10)13-11-6-2-3-7-12-11/h2-9H,1H3,(H,12,13)/t9-/m1/s1. The van der Waals surface area contributed by atoms with E-state index in [1.807, 2.05) is 37.3 Å². The van der Waals surface area contributed by atoms with Crippen LogP contribution in [-0.4, -0.2) is 4.98 Å². The Morgan fingerprint density at radius 3 is 2.86 bits per heavy atom. The Hall–Kier alpha value is -1.77. The molecular formula is C11H12N2O. The van der Waals surface area contributed by atoms with E-state index in [0.717, 1.165) is 11.6 Å². The maximum absolute atomic E-state index is 5.28. The molecule has 0 radical (unpaired) electrons. The normalized spacial score (nSPS) is 12.4. The number of pyridine rings is 1. The van der Waals surface area contributed by atoms with Crippen molar-refractivity contribution in [2.24, 2.45) is 0 Å². The zero-order valence-electron chi connectivity index (χ0n) is 7.97. The van der Waals surface area contributed by atoms with Crippen LogP contribution in [0.5, 0.6) is 0 Å². The molecule has 1 atom stereocenters. The van der Waals surface area contributed by atoms with Gasteiger partial charge in [-0.05, 0) is 31.2 Å². The van der Waals surface area contributed by atoms with Crippen molar-refractivity contribution >= 4 is 5.82 Å². The predicted molar refractivity (Wildman–Crippen MR) is 55.0 cm³/mol. The number of nitrogens with zero attached hydrogens (tertiary/aromatic N) is 1. The Morgan fingerprint density at radius 1 is 1.29 bits per heavy atom. The lowest BCUT2D eigenvalue weighted by molar-refractivity contribution is 0.490. The van der Waals surface area contributed by atoms with Crippen LogP contribution in [0.1, 0.15) is 18.7 Å². The van der Waals surface area contributed by atoms with Gasteiger partial charge in [0.05, 0.1) is 12.3 Å². The van der Waals surface area contributed by atoms with Crippen LogP contribution in [-0.2, 0) is 0 Å². The van der Waals surface area contributed by atoms with Gasteiger partial charge in [-0.1, -0.05) is 6.07 Å². The summed E-state index contributed by atoms with van der Waals surface area (Å²) in [7, 11) is 0. The third-order valence-electron chi connectivity index (χ3n) is 2.00. The molecule has 2 aromatic heterocycles. The van der Waals surface area contributed by atoms with Gasteiger partial charge < -0.3 is 9.73 Å². The first-order chi connectivity index (χ1) is 6.86. The van der Waals surface area contributed by atoms with Crippen molar-refractivity contribution in [3.63, 3.8) is 0 Å². The van der Waals surface area contributed by atoms with Crippen molar-refractivity contribution in [2.45, 2.75) is 13.0 Å². The van der Waals surface area contributed by atoms with Crippen LogP contribution in [0.2, 0.25) is 0 Å². The largest absolute Gasteiger partial charge is 0.467 e. The molecule has 0 saturated heterocycles. The van der Waals surface area contributed by atoms with Gasteiger partial charge in [-0.3, -0.25) is 0 Å². The molecule has 1 N–H and O–H groups in total. The molecule has 14 heavy (non-hydrogen) atoms. The van der Waals surface area contributed by atoms with E-state index < -0.39 is 0 Å². The second-order valence-electron chi connectivity index (χ2n) is 3.10. The summed E-state index contributed by atoms with van der Waals surface area (Å²) in [4.78, 5) is 4.18. The second kappa shape index (κ2) is 3.96. The Kier molecular flexibility index (Phi) is 2.49. The van der Waals surface area contributed by atoms with E-state index in [1.54, 1.807) is 12.5 Å². The highest BCUT2D eigenvalue weighted by molar-refractivity contribution is 5.35. The van der Waals surface area contributed by atoms with Gasteiger partial charge in [0.25, 0.3) is 0 Å². The van der Waals surface area contributed by atoms with E-state index in [1.165, 1.54) is 0 Å². The fraction of sp³-hybridized carbons (Fsp3) is 0.182. The average molecular weight is 188 g/mol. The maximum atomic E-state index is 5.28. The Labute approximate surface area is 82.8 Å². The highest BCUT2D eigenvalue weighted by Gasteiger charge is 2.07. The molecule has 0 unspecified atom stereocenters. The van der Waals surface area contributed by atoms with Gasteiger partial charge in [0.15, 0.2) is 0 Å². The van der Waals surface area contributed by atoms with Gasteiger partial charge in [-0.15, -0.1) is 0 Å². The lowest BCUT2D eigenvalue weighted by atomic mass is 10.2. The molecule has 0 fully saturated rings. The van der Waals surface area contributed by atoms with Crippen molar-refractivity contribution in [3.8, 4) is 0 Å². The molecule has 0 spiro atoms. The summed E-state index contributed by atoms with van der Waals surface area (Å²) in [6.07, 6.45) is 3.43. The Morgan fingerprint density at radius 2 is 2.21 bits per heavy atom. The van der Waals surface area contributed by atoms with Crippen LogP contribution >= 0.6 is 0 Å². The number of hydrogen-bond acceptors (Lipinski definition) is 3. The molecule has 0 saturated carbocycles. The molecule has 72 valence electrons. The van der Waals surface area contributed by atoms with E-state index in [4.69, 9.17) is 4.42 Å². The number of rotatable bonds is 3. The highest BCUT2D eigenvalue weighted by atomic mass is 16.3. The molecule has 0 aliphatic rings. The molecule has 0 aliphatic carbocycles. The molecule has 0 amide bonds. The number of hydrogen-bond donors (Lipinski definition) is 1. The van der Waals surface area contributed by atoms with Crippen LogP contribution in [0, 0.1) is 0 Å². The summed E-state index contributed by atoms with van der Waals surface area (Å²) < 4.78 is 5.28. The fourth-order valence-corrected chi connectivity index (χ4v) is 1.28. The van der Waals surface area contributed by atoms with Gasteiger partial charge in [0.2, 0.25) is 0 Å². The molecule has 0 aliphatic heterocycles. The predicted octanol–water partition coefficient (Wildman–Crippen LogP) is 2.85. The fourth-order valence-electron chi connectivity index (χ4n) is 1.28. The van der Waals surface area contributed by atoms with E-state index in [0.29, 0.717) is 0 Å². The number of furan rings is 1. The Bertz CT molecular complexity index is 369. The lowest BCUT2D eigenvalue weighted by Gasteiger charge is -2.11. The van der Waals surface area contributed by atoms with Crippen molar-refractivity contribution in [1.82, 2.24) is 4.98 Å². The SMILES string of the molecule is C[C@@H](Nc1ccccn1)c1ccco1. The van der Waals surface area contributed by atoms with Gasteiger partial charge in [-0.2, -0.15) is 0 Å². The first-order valence-corrected chi connectivity index (χ1v) is 4.57. The zero-order chi connectivity index (χ0) is 9.80. The van der Waals surface area contributed by atoms with Gasteiger partial charge >= 0.3 is 0 Å². The third kappa shape index (κ3) is 1.93. The summed E-state index contributed by atoms with van der Waals surface area (Å²) in [5.41, 5.74) is 0. The zero-order valence-corrected chi connectivity index (χ0v) is 7.97. The lowest BCUT2D eigenvalue weighted by Crippen LogP contribution is -2.06. The highest BCUT2D eigenvalue weighted by Crippen LogP contribution is 2.17. The molecule has 3 heteroatoms. The van der Waals surface area contributed by atoms with Crippen LogP contribution in [0.15, 0.2) is 47.2 Å². The molecule has 0 bridgehead atoms.